The number of hydrogen-bond acceptors (Lipinski definition) is 6. The highest BCUT2D eigenvalue weighted by Crippen LogP contribution is 2.18. The molecule has 0 N–H and O–H groups in total. The Labute approximate surface area is 498 Å². The normalized spacial score (nSPS) is 12.4. The van der Waals surface area contributed by atoms with Gasteiger partial charge >= 0.3 is 17.9 Å². The van der Waals surface area contributed by atoms with Crippen molar-refractivity contribution in [2.24, 2.45) is 0 Å². The fraction of sp³-hybridized carbons (Fsp3) is 0.824. The molecule has 0 saturated heterocycles. The van der Waals surface area contributed by atoms with Crippen molar-refractivity contribution < 1.29 is 28.6 Å². The third kappa shape index (κ3) is 65.9. The number of carbonyl (C=O) groups excluding carboxylic acids is 3. The lowest BCUT2D eigenvalue weighted by atomic mass is 10.0. The van der Waals surface area contributed by atoms with Gasteiger partial charge in [0, 0.05) is 19.3 Å². The van der Waals surface area contributed by atoms with Gasteiger partial charge in [0.2, 0.25) is 0 Å². The Morgan fingerprint density at radius 3 is 0.725 bits per heavy atom. The predicted octanol–water partition coefficient (Wildman–Crippen LogP) is 24.3. The van der Waals surface area contributed by atoms with E-state index in [0.29, 0.717) is 19.3 Å². The maximum Gasteiger partial charge on any atom is 0.306 e. The van der Waals surface area contributed by atoms with Gasteiger partial charge in [0.25, 0.3) is 0 Å². The van der Waals surface area contributed by atoms with Crippen LogP contribution in [0.25, 0.3) is 0 Å². The van der Waals surface area contributed by atoms with Gasteiger partial charge in [0.15, 0.2) is 6.10 Å². The summed E-state index contributed by atoms with van der Waals surface area (Å²) in [6.07, 6.45) is 88.1. The van der Waals surface area contributed by atoms with E-state index in [9.17, 15) is 14.4 Å². The molecule has 0 aromatic heterocycles. The SMILES string of the molecule is CCCCC/C=C\C/C=C\CCCCCCCCCC(=O)OCC(COC(=O)CCCCCCCCCCCCCCCCCCCCCCCCCC)OC(=O)CCCCCCCC/C=C\C/C=C\C/C=C\CCCCCCC. The molecule has 0 aliphatic rings. The molecule has 0 bridgehead atoms. The molecule has 466 valence electrons. The summed E-state index contributed by atoms with van der Waals surface area (Å²) in [5, 5.41) is 0. The summed E-state index contributed by atoms with van der Waals surface area (Å²) in [5.74, 6) is -0.876. The Morgan fingerprint density at radius 2 is 0.450 bits per heavy atom. The molecule has 1 unspecified atom stereocenters. The number of allylic oxidation sites excluding steroid dienone is 10. The molecule has 6 nitrogen and oxygen atoms in total. The van der Waals surface area contributed by atoms with Crippen LogP contribution in [0.15, 0.2) is 60.8 Å². The minimum absolute atomic E-state index is 0.0788. The average Bonchev–Trinajstić information content (AvgIpc) is 3.46. The molecule has 0 spiro atoms. The van der Waals surface area contributed by atoms with Crippen molar-refractivity contribution in [2.75, 3.05) is 13.2 Å². The molecule has 0 fully saturated rings. The van der Waals surface area contributed by atoms with Gasteiger partial charge in [-0.15, -0.1) is 0 Å². The van der Waals surface area contributed by atoms with Gasteiger partial charge < -0.3 is 14.2 Å². The standard InChI is InChI=1S/C74H134O6/c1-4-7-10-13-16-19-22-25-28-31-33-35-36-37-39-40-43-46-49-52-55-58-61-64-67-73(76)79-70-71(69-78-72(75)66-63-60-57-54-51-48-45-42-30-27-24-21-18-15-12-9-6-3)80-74(77)68-65-62-59-56-53-50-47-44-41-38-34-32-29-26-23-20-17-14-11-8-5-2/h18,21,23,26-27,30,32,34,41,44,71H,4-17,19-20,22,24-25,28-29,31,33,35-40,42-43,45-70H2,1-3H3/b21-18-,26-23-,30-27-,34-32-,44-41-. The van der Waals surface area contributed by atoms with Crippen molar-refractivity contribution in [3.05, 3.63) is 60.8 Å². The summed E-state index contributed by atoms with van der Waals surface area (Å²) in [6.45, 7) is 6.65. The Hall–Kier alpha value is -2.89. The van der Waals surface area contributed by atoms with Gasteiger partial charge in [0.1, 0.15) is 13.2 Å². The van der Waals surface area contributed by atoms with Crippen LogP contribution in [-0.4, -0.2) is 37.2 Å². The molecular formula is C74H134O6. The minimum atomic E-state index is -0.785. The van der Waals surface area contributed by atoms with Crippen LogP contribution < -0.4 is 0 Å². The van der Waals surface area contributed by atoms with E-state index in [1.54, 1.807) is 0 Å². The zero-order valence-electron chi connectivity index (χ0n) is 53.6. The van der Waals surface area contributed by atoms with Crippen LogP contribution >= 0.6 is 0 Å². The molecule has 0 radical (unpaired) electrons. The number of ether oxygens (including phenoxy) is 3. The molecule has 80 heavy (non-hydrogen) atoms. The number of unbranched alkanes of at least 4 members (excludes halogenated alkanes) is 44. The maximum absolute atomic E-state index is 13.0. The van der Waals surface area contributed by atoms with E-state index in [1.165, 1.54) is 238 Å². The van der Waals surface area contributed by atoms with Gasteiger partial charge in [-0.3, -0.25) is 14.4 Å². The van der Waals surface area contributed by atoms with Crippen molar-refractivity contribution in [1.82, 2.24) is 0 Å². The largest absolute Gasteiger partial charge is 0.462 e. The van der Waals surface area contributed by atoms with Gasteiger partial charge in [-0.1, -0.05) is 326 Å². The highest BCUT2D eigenvalue weighted by atomic mass is 16.6. The van der Waals surface area contributed by atoms with Crippen molar-refractivity contribution in [3.8, 4) is 0 Å². The summed E-state index contributed by atoms with van der Waals surface area (Å²) in [7, 11) is 0. The van der Waals surface area contributed by atoms with Crippen molar-refractivity contribution >= 4 is 17.9 Å². The molecule has 6 heteroatoms. The van der Waals surface area contributed by atoms with Gasteiger partial charge in [-0.25, -0.2) is 0 Å². The first-order valence-electron chi connectivity index (χ1n) is 35.3. The molecule has 0 aliphatic heterocycles. The van der Waals surface area contributed by atoms with E-state index < -0.39 is 6.10 Å². The van der Waals surface area contributed by atoms with Crippen LogP contribution in [0, 0.1) is 0 Å². The molecule has 0 aromatic rings. The molecule has 0 aliphatic carbocycles. The zero-order chi connectivity index (χ0) is 57.8. The number of esters is 3. The van der Waals surface area contributed by atoms with E-state index in [0.717, 1.165) is 96.3 Å². The average molecular weight is 1120 g/mol. The van der Waals surface area contributed by atoms with Crippen LogP contribution in [0.1, 0.15) is 374 Å². The number of carbonyl (C=O) groups is 3. The van der Waals surface area contributed by atoms with Crippen LogP contribution in [0.2, 0.25) is 0 Å². The monoisotopic (exact) mass is 1120 g/mol. The smallest absolute Gasteiger partial charge is 0.306 e. The van der Waals surface area contributed by atoms with Gasteiger partial charge in [-0.05, 0) is 89.9 Å². The minimum Gasteiger partial charge on any atom is -0.462 e. The second-order valence-corrected chi connectivity index (χ2v) is 23.8. The maximum atomic E-state index is 13.0. The quantitative estimate of drug-likeness (QED) is 0.0261. The highest BCUT2D eigenvalue weighted by molar-refractivity contribution is 5.71. The summed E-state index contributed by atoms with van der Waals surface area (Å²) < 4.78 is 17.0. The third-order valence-corrected chi connectivity index (χ3v) is 15.7. The molecule has 0 amide bonds. The fourth-order valence-electron chi connectivity index (χ4n) is 10.4. The Morgan fingerprint density at radius 1 is 0.250 bits per heavy atom. The number of hydrogen-bond donors (Lipinski definition) is 0. The summed E-state index contributed by atoms with van der Waals surface area (Å²) in [6, 6.07) is 0. The molecule has 0 rings (SSSR count). The second kappa shape index (κ2) is 68.6. The highest BCUT2D eigenvalue weighted by Gasteiger charge is 2.19. The van der Waals surface area contributed by atoms with E-state index in [-0.39, 0.29) is 31.1 Å². The predicted molar refractivity (Wildman–Crippen MR) is 348 cm³/mol. The zero-order valence-corrected chi connectivity index (χ0v) is 53.6. The van der Waals surface area contributed by atoms with Crippen LogP contribution in [0.4, 0.5) is 0 Å². The fourth-order valence-corrected chi connectivity index (χ4v) is 10.4. The van der Waals surface area contributed by atoms with E-state index in [1.807, 2.05) is 0 Å². The first kappa shape index (κ1) is 77.1. The Bertz CT molecular complexity index is 1430. The number of rotatable bonds is 65. The third-order valence-electron chi connectivity index (χ3n) is 15.7. The van der Waals surface area contributed by atoms with E-state index in [2.05, 4.69) is 81.5 Å². The molecular weight excluding hydrogens is 985 g/mol. The second-order valence-electron chi connectivity index (χ2n) is 23.8. The summed E-state index contributed by atoms with van der Waals surface area (Å²) in [4.78, 5) is 38.5. The first-order valence-corrected chi connectivity index (χ1v) is 35.3. The first-order chi connectivity index (χ1) is 39.5. The Balaban J connectivity index is 4.34. The van der Waals surface area contributed by atoms with Crippen molar-refractivity contribution in [2.45, 2.75) is 380 Å². The molecule has 1 atom stereocenters. The lowest BCUT2D eigenvalue weighted by Gasteiger charge is -2.18. The molecule has 0 heterocycles. The van der Waals surface area contributed by atoms with Crippen molar-refractivity contribution in [3.63, 3.8) is 0 Å². The van der Waals surface area contributed by atoms with E-state index in [4.69, 9.17) is 14.2 Å². The molecule has 0 saturated carbocycles. The van der Waals surface area contributed by atoms with Crippen LogP contribution in [0.5, 0.6) is 0 Å². The van der Waals surface area contributed by atoms with Gasteiger partial charge in [0.05, 0.1) is 0 Å². The van der Waals surface area contributed by atoms with Gasteiger partial charge in [-0.2, -0.15) is 0 Å². The van der Waals surface area contributed by atoms with E-state index >= 15 is 0 Å². The summed E-state index contributed by atoms with van der Waals surface area (Å²) >= 11 is 0. The topological polar surface area (TPSA) is 78.9 Å². The molecule has 0 aromatic carbocycles. The van der Waals surface area contributed by atoms with Crippen molar-refractivity contribution in [1.29, 1.82) is 0 Å². The lowest BCUT2D eigenvalue weighted by molar-refractivity contribution is -0.167. The van der Waals surface area contributed by atoms with Crippen LogP contribution in [0.3, 0.4) is 0 Å². The lowest BCUT2D eigenvalue weighted by Crippen LogP contribution is -2.30. The Kier molecular flexibility index (Phi) is 66.1. The van der Waals surface area contributed by atoms with Crippen LogP contribution in [-0.2, 0) is 28.6 Å². The summed E-state index contributed by atoms with van der Waals surface area (Å²) in [5.41, 5.74) is 0.